The molecule has 0 N–H and O–H groups in total. The van der Waals surface area contributed by atoms with Crippen LogP contribution >= 0.6 is 11.3 Å². The summed E-state index contributed by atoms with van der Waals surface area (Å²) in [4.78, 5) is 4.82. The van der Waals surface area contributed by atoms with Crippen molar-refractivity contribution in [3.63, 3.8) is 0 Å². The first-order valence-electron chi connectivity index (χ1n) is 8.42. The Morgan fingerprint density at radius 1 is 1.00 bits per heavy atom. The van der Waals surface area contributed by atoms with E-state index < -0.39 is 0 Å². The van der Waals surface area contributed by atoms with Gasteiger partial charge in [-0.1, -0.05) is 29.1 Å². The quantitative estimate of drug-likeness (QED) is 0.238. The number of hydrogen-bond acceptors (Lipinski definition) is 2. The maximum atomic E-state index is 4.82. The standard InChI is InChI=1S/C22H17N2S.Ir/c1-13-7-4-8-14(2)19(13)16-9-5-10-17-20-22(25-15(3)23-20)18-11-6-12-24(18)21(16)17;/h4-9,11-12H,1-3H3;/q-1;. The largest absolute Gasteiger partial charge is 0.357 e. The zero-order chi connectivity index (χ0) is 17.1. The van der Waals surface area contributed by atoms with Crippen LogP contribution in [0.15, 0.2) is 48.7 Å². The van der Waals surface area contributed by atoms with E-state index in [2.05, 4.69) is 73.8 Å². The van der Waals surface area contributed by atoms with Crippen molar-refractivity contribution in [3.05, 3.63) is 70.9 Å². The summed E-state index contributed by atoms with van der Waals surface area (Å²) in [5.41, 5.74) is 8.63. The smallest absolute Gasteiger partial charge is 0.0788 e. The van der Waals surface area contributed by atoms with Crippen LogP contribution in [-0.4, -0.2) is 9.38 Å². The Bertz CT molecular complexity index is 1260. The van der Waals surface area contributed by atoms with Gasteiger partial charge in [-0.2, -0.15) is 0 Å². The predicted octanol–water partition coefficient (Wildman–Crippen LogP) is 6.09. The van der Waals surface area contributed by atoms with Crippen LogP contribution in [0.3, 0.4) is 0 Å². The normalized spacial score (nSPS) is 11.3. The average molecular weight is 534 g/mol. The minimum atomic E-state index is 0. The minimum Gasteiger partial charge on any atom is -0.357 e. The van der Waals surface area contributed by atoms with Crippen LogP contribution in [0.4, 0.5) is 0 Å². The molecule has 3 aromatic heterocycles. The van der Waals surface area contributed by atoms with Crippen LogP contribution in [0.25, 0.3) is 37.8 Å². The molecule has 3 heterocycles. The van der Waals surface area contributed by atoms with E-state index in [1.807, 2.05) is 6.07 Å². The van der Waals surface area contributed by atoms with E-state index in [-0.39, 0.29) is 20.1 Å². The summed E-state index contributed by atoms with van der Waals surface area (Å²) in [5, 5.41) is 2.19. The fraction of sp³-hybridized carbons (Fsp3) is 0.136. The summed E-state index contributed by atoms with van der Waals surface area (Å²) < 4.78 is 3.54. The second-order valence-corrected chi connectivity index (χ2v) is 7.76. The van der Waals surface area contributed by atoms with Crippen molar-refractivity contribution in [1.82, 2.24) is 9.38 Å². The van der Waals surface area contributed by atoms with Gasteiger partial charge in [0, 0.05) is 35.8 Å². The van der Waals surface area contributed by atoms with Crippen LogP contribution in [0.5, 0.6) is 0 Å². The molecule has 5 aromatic rings. The third-order valence-electron chi connectivity index (χ3n) is 4.91. The van der Waals surface area contributed by atoms with Crippen LogP contribution in [0.1, 0.15) is 16.1 Å². The number of benzene rings is 2. The topological polar surface area (TPSA) is 17.3 Å². The van der Waals surface area contributed by atoms with Crippen molar-refractivity contribution >= 4 is 38.0 Å². The number of aryl methyl sites for hydroxylation is 3. The molecule has 0 fully saturated rings. The van der Waals surface area contributed by atoms with Gasteiger partial charge in [-0.05, 0) is 61.3 Å². The molecule has 5 rings (SSSR count). The van der Waals surface area contributed by atoms with Crippen molar-refractivity contribution < 1.29 is 20.1 Å². The molecule has 0 unspecified atom stereocenters. The maximum absolute atomic E-state index is 4.82. The van der Waals surface area contributed by atoms with E-state index in [1.54, 1.807) is 11.3 Å². The fourth-order valence-electron chi connectivity index (χ4n) is 3.89. The second kappa shape index (κ2) is 6.31. The molecule has 4 heteroatoms. The van der Waals surface area contributed by atoms with E-state index in [4.69, 9.17) is 4.98 Å². The summed E-state index contributed by atoms with van der Waals surface area (Å²) in [5.74, 6) is 0. The molecule has 0 aliphatic carbocycles. The first-order valence-corrected chi connectivity index (χ1v) is 9.24. The molecule has 26 heavy (non-hydrogen) atoms. The Hall–Kier alpha value is -2.00. The van der Waals surface area contributed by atoms with Crippen molar-refractivity contribution in [2.24, 2.45) is 0 Å². The molecule has 0 amide bonds. The Labute approximate surface area is 169 Å². The van der Waals surface area contributed by atoms with Gasteiger partial charge < -0.3 is 4.40 Å². The molecule has 0 bridgehead atoms. The molecular weight excluding hydrogens is 517 g/mol. The number of aromatic nitrogens is 2. The third kappa shape index (κ3) is 2.37. The van der Waals surface area contributed by atoms with E-state index in [1.165, 1.54) is 38.0 Å². The second-order valence-electron chi connectivity index (χ2n) is 6.56. The van der Waals surface area contributed by atoms with Crippen LogP contribution in [0, 0.1) is 26.8 Å². The third-order valence-corrected chi connectivity index (χ3v) is 5.91. The number of hydrogen-bond donors (Lipinski definition) is 0. The van der Waals surface area contributed by atoms with Crippen LogP contribution in [-0.2, 0) is 20.1 Å². The summed E-state index contributed by atoms with van der Waals surface area (Å²) in [7, 11) is 0. The SMILES string of the molecule is Cc1nc2c3[c-]ccc(-c4c(C)cccc4C)c3n3cccc3c2s1.[Ir]. The summed E-state index contributed by atoms with van der Waals surface area (Å²) in [6.07, 6.45) is 2.15. The van der Waals surface area contributed by atoms with Gasteiger partial charge in [-0.15, -0.1) is 29.5 Å². The molecular formula is C22H17IrN2S-. The maximum Gasteiger partial charge on any atom is 0.0788 e. The van der Waals surface area contributed by atoms with Gasteiger partial charge in [0.05, 0.1) is 5.01 Å². The Morgan fingerprint density at radius 2 is 1.77 bits per heavy atom. The molecule has 2 aromatic carbocycles. The first kappa shape index (κ1) is 17.4. The van der Waals surface area contributed by atoms with Gasteiger partial charge in [0.15, 0.2) is 0 Å². The molecule has 0 aliphatic rings. The number of pyridine rings is 1. The predicted molar refractivity (Wildman–Crippen MR) is 107 cm³/mol. The van der Waals surface area contributed by atoms with Crippen molar-refractivity contribution in [2.75, 3.05) is 0 Å². The number of thiazole rings is 1. The summed E-state index contributed by atoms with van der Waals surface area (Å²) in [6, 6.07) is 18.5. The Morgan fingerprint density at radius 3 is 2.54 bits per heavy atom. The van der Waals surface area contributed by atoms with E-state index in [0.29, 0.717) is 0 Å². The van der Waals surface area contributed by atoms with Crippen molar-refractivity contribution in [2.45, 2.75) is 20.8 Å². The van der Waals surface area contributed by atoms with E-state index in [9.17, 15) is 0 Å². The fourth-order valence-corrected chi connectivity index (χ4v) is 4.84. The van der Waals surface area contributed by atoms with Crippen LogP contribution in [0.2, 0.25) is 0 Å². The molecule has 0 saturated carbocycles. The first-order chi connectivity index (χ1) is 12.1. The molecule has 0 aliphatic heterocycles. The summed E-state index contributed by atoms with van der Waals surface area (Å²) >= 11 is 1.76. The minimum absolute atomic E-state index is 0. The molecule has 1 radical (unpaired) electrons. The Kier molecular flexibility index (Phi) is 4.23. The zero-order valence-electron chi connectivity index (χ0n) is 14.8. The summed E-state index contributed by atoms with van der Waals surface area (Å²) in [6.45, 7) is 6.44. The average Bonchev–Trinajstić information content (AvgIpc) is 3.20. The molecule has 0 spiro atoms. The van der Waals surface area contributed by atoms with Gasteiger partial charge in [0.2, 0.25) is 0 Å². The van der Waals surface area contributed by atoms with Crippen LogP contribution < -0.4 is 0 Å². The molecule has 2 nitrogen and oxygen atoms in total. The van der Waals surface area contributed by atoms with Crippen molar-refractivity contribution in [1.29, 1.82) is 0 Å². The van der Waals surface area contributed by atoms with E-state index >= 15 is 0 Å². The number of fused-ring (bicyclic) bond motifs is 6. The molecule has 0 atom stereocenters. The van der Waals surface area contributed by atoms with Gasteiger partial charge in [-0.25, -0.2) is 0 Å². The number of nitrogens with zero attached hydrogens (tertiary/aromatic N) is 2. The zero-order valence-corrected chi connectivity index (χ0v) is 18.0. The van der Waals surface area contributed by atoms with Gasteiger partial charge >= 0.3 is 0 Å². The molecule has 131 valence electrons. The number of rotatable bonds is 1. The van der Waals surface area contributed by atoms with Gasteiger partial charge in [0.25, 0.3) is 0 Å². The van der Waals surface area contributed by atoms with Gasteiger partial charge in [-0.3, -0.25) is 4.98 Å². The van der Waals surface area contributed by atoms with Crippen molar-refractivity contribution in [3.8, 4) is 11.1 Å². The van der Waals surface area contributed by atoms with Gasteiger partial charge in [0.1, 0.15) is 0 Å². The monoisotopic (exact) mass is 534 g/mol. The van der Waals surface area contributed by atoms with E-state index in [0.717, 1.165) is 15.9 Å². The Balaban J connectivity index is 0.00000168. The molecule has 0 saturated heterocycles.